The molecular weight excluding hydrogens is 389 g/mol. The third-order valence-electron chi connectivity index (χ3n) is 3.86. The number of benzene rings is 2. The van der Waals surface area contributed by atoms with Crippen LogP contribution in [0.3, 0.4) is 0 Å². The summed E-state index contributed by atoms with van der Waals surface area (Å²) in [5.74, 6) is 1.29. The minimum absolute atomic E-state index is 0.194. The van der Waals surface area contributed by atoms with Crippen molar-refractivity contribution in [2.45, 2.75) is 33.0 Å². The van der Waals surface area contributed by atoms with Gasteiger partial charge in [0.25, 0.3) is 0 Å². The van der Waals surface area contributed by atoms with Gasteiger partial charge in [0, 0.05) is 5.69 Å². The van der Waals surface area contributed by atoms with Crippen molar-refractivity contribution in [3.05, 3.63) is 53.6 Å². The zero-order valence-electron chi connectivity index (χ0n) is 15.9. The van der Waals surface area contributed by atoms with Crippen molar-refractivity contribution >= 4 is 23.0 Å². The predicted octanol–water partition coefficient (Wildman–Crippen LogP) is 5.55. The third-order valence-corrected chi connectivity index (χ3v) is 4.08. The third kappa shape index (κ3) is 6.02. The number of hydrogen-bond donors (Lipinski definition) is 2. The quantitative estimate of drug-likeness (QED) is 0.584. The summed E-state index contributed by atoms with van der Waals surface area (Å²) in [5, 5.41) is 6.08. The second-order valence-corrected chi connectivity index (χ2v) is 6.38. The number of ether oxygens (including phenoxy) is 2. The standard InChI is InChI=1S/C20H23F3N2O2S/c1-4-26-17-10-9-14(11-18(17)27-5-2)13(3)24-19(28)25-16-8-6-7-15(12-16)20(21,22)23/h6-13H,4-5H2,1-3H3,(H2,24,25,28)/t13-/m1/s1. The van der Waals surface area contributed by atoms with Crippen LogP contribution < -0.4 is 20.1 Å². The molecule has 0 saturated heterocycles. The maximum atomic E-state index is 12.8. The van der Waals surface area contributed by atoms with Crippen LogP contribution in [0, 0.1) is 0 Å². The predicted molar refractivity (Wildman–Crippen MR) is 108 cm³/mol. The molecule has 152 valence electrons. The van der Waals surface area contributed by atoms with Crippen LogP contribution in [0.15, 0.2) is 42.5 Å². The Morgan fingerprint density at radius 3 is 2.36 bits per heavy atom. The monoisotopic (exact) mass is 412 g/mol. The first-order valence-electron chi connectivity index (χ1n) is 8.88. The Morgan fingerprint density at radius 1 is 1.04 bits per heavy atom. The summed E-state index contributed by atoms with van der Waals surface area (Å²) in [6.45, 7) is 6.70. The number of rotatable bonds is 7. The Labute approximate surface area is 168 Å². The van der Waals surface area contributed by atoms with Crippen LogP contribution in [0.2, 0.25) is 0 Å². The molecule has 0 aromatic heterocycles. The van der Waals surface area contributed by atoms with E-state index < -0.39 is 11.7 Å². The van der Waals surface area contributed by atoms with Gasteiger partial charge < -0.3 is 20.1 Å². The number of alkyl halides is 3. The highest BCUT2D eigenvalue weighted by Gasteiger charge is 2.30. The molecule has 4 nitrogen and oxygen atoms in total. The molecular formula is C20H23F3N2O2S. The highest BCUT2D eigenvalue weighted by molar-refractivity contribution is 7.80. The van der Waals surface area contributed by atoms with E-state index in [-0.39, 0.29) is 16.8 Å². The van der Waals surface area contributed by atoms with E-state index in [9.17, 15) is 13.2 Å². The molecule has 28 heavy (non-hydrogen) atoms. The summed E-state index contributed by atoms with van der Waals surface area (Å²) < 4.78 is 49.6. The van der Waals surface area contributed by atoms with Gasteiger partial charge in [-0.1, -0.05) is 12.1 Å². The minimum Gasteiger partial charge on any atom is -0.490 e. The molecule has 0 unspecified atom stereocenters. The average molecular weight is 412 g/mol. The van der Waals surface area contributed by atoms with E-state index in [0.29, 0.717) is 24.7 Å². The fraction of sp³-hybridized carbons (Fsp3) is 0.350. The summed E-state index contributed by atoms with van der Waals surface area (Å²) >= 11 is 5.24. The van der Waals surface area contributed by atoms with Crippen molar-refractivity contribution in [2.75, 3.05) is 18.5 Å². The number of halogens is 3. The Hall–Kier alpha value is -2.48. The van der Waals surface area contributed by atoms with E-state index in [1.165, 1.54) is 12.1 Å². The van der Waals surface area contributed by atoms with E-state index in [1.54, 1.807) is 0 Å². The Balaban J connectivity index is 2.07. The second kappa shape index (κ2) is 9.64. The summed E-state index contributed by atoms with van der Waals surface area (Å²) in [4.78, 5) is 0. The fourth-order valence-electron chi connectivity index (χ4n) is 2.56. The molecule has 8 heteroatoms. The van der Waals surface area contributed by atoms with Gasteiger partial charge in [-0.25, -0.2) is 0 Å². The summed E-state index contributed by atoms with van der Waals surface area (Å²) in [5.41, 5.74) is 0.433. The van der Waals surface area contributed by atoms with Crippen molar-refractivity contribution in [1.82, 2.24) is 5.32 Å². The highest BCUT2D eigenvalue weighted by atomic mass is 32.1. The molecule has 0 aliphatic heterocycles. The van der Waals surface area contributed by atoms with Crippen LogP contribution in [0.5, 0.6) is 11.5 Å². The Kier molecular flexibility index (Phi) is 7.51. The Morgan fingerprint density at radius 2 is 1.71 bits per heavy atom. The molecule has 2 aromatic rings. The first-order valence-corrected chi connectivity index (χ1v) is 9.29. The molecule has 0 spiro atoms. The minimum atomic E-state index is -4.40. The van der Waals surface area contributed by atoms with Crippen molar-refractivity contribution in [3.63, 3.8) is 0 Å². The molecule has 0 amide bonds. The van der Waals surface area contributed by atoms with Gasteiger partial charge in [0.2, 0.25) is 0 Å². The first-order chi connectivity index (χ1) is 13.2. The van der Waals surface area contributed by atoms with Crippen LogP contribution in [0.4, 0.5) is 18.9 Å². The normalized spacial score (nSPS) is 12.2. The molecule has 0 bridgehead atoms. The van der Waals surface area contributed by atoms with Crippen LogP contribution in [0.25, 0.3) is 0 Å². The van der Waals surface area contributed by atoms with Crippen LogP contribution in [0.1, 0.15) is 37.9 Å². The average Bonchev–Trinajstić information content (AvgIpc) is 2.63. The molecule has 2 rings (SSSR count). The highest BCUT2D eigenvalue weighted by Crippen LogP contribution is 2.32. The molecule has 1 atom stereocenters. The van der Waals surface area contributed by atoms with Crippen LogP contribution >= 0.6 is 12.2 Å². The molecule has 0 radical (unpaired) electrons. The van der Waals surface area contributed by atoms with Crippen LogP contribution in [-0.2, 0) is 6.18 Å². The zero-order valence-corrected chi connectivity index (χ0v) is 16.7. The van der Waals surface area contributed by atoms with Crippen molar-refractivity contribution < 1.29 is 22.6 Å². The number of anilines is 1. The Bertz CT molecular complexity index is 812. The molecule has 0 fully saturated rings. The van der Waals surface area contributed by atoms with Gasteiger partial charge >= 0.3 is 6.18 Å². The van der Waals surface area contributed by atoms with E-state index in [2.05, 4.69) is 10.6 Å². The van der Waals surface area contributed by atoms with E-state index in [1.807, 2.05) is 39.0 Å². The van der Waals surface area contributed by atoms with Gasteiger partial charge in [0.05, 0.1) is 24.8 Å². The van der Waals surface area contributed by atoms with Crippen LogP contribution in [-0.4, -0.2) is 18.3 Å². The lowest BCUT2D eigenvalue weighted by Crippen LogP contribution is -2.31. The topological polar surface area (TPSA) is 42.5 Å². The van der Waals surface area contributed by atoms with Gasteiger partial charge in [-0.05, 0) is 68.9 Å². The summed E-state index contributed by atoms with van der Waals surface area (Å²) in [6.07, 6.45) is -4.40. The molecule has 2 N–H and O–H groups in total. The van der Waals surface area contributed by atoms with E-state index >= 15 is 0 Å². The lowest BCUT2D eigenvalue weighted by molar-refractivity contribution is -0.137. The lowest BCUT2D eigenvalue weighted by Gasteiger charge is -2.19. The molecule has 2 aromatic carbocycles. The first kappa shape index (κ1) is 21.8. The van der Waals surface area contributed by atoms with Gasteiger partial charge in [0.15, 0.2) is 16.6 Å². The largest absolute Gasteiger partial charge is 0.490 e. The van der Waals surface area contributed by atoms with Crippen molar-refractivity contribution in [2.24, 2.45) is 0 Å². The summed E-state index contributed by atoms with van der Waals surface area (Å²) in [6, 6.07) is 10.3. The second-order valence-electron chi connectivity index (χ2n) is 5.97. The SMILES string of the molecule is CCOc1ccc([C@@H](C)NC(=S)Nc2cccc(C(F)(F)F)c2)cc1OCC. The lowest BCUT2D eigenvalue weighted by atomic mass is 10.1. The maximum absolute atomic E-state index is 12.8. The molecule has 0 heterocycles. The van der Waals surface area contributed by atoms with Crippen molar-refractivity contribution in [3.8, 4) is 11.5 Å². The number of hydrogen-bond acceptors (Lipinski definition) is 3. The molecule has 0 aliphatic carbocycles. The van der Waals surface area contributed by atoms with Gasteiger partial charge in [-0.2, -0.15) is 13.2 Å². The van der Waals surface area contributed by atoms with Gasteiger partial charge in [0.1, 0.15) is 0 Å². The van der Waals surface area contributed by atoms with E-state index in [0.717, 1.165) is 17.7 Å². The van der Waals surface area contributed by atoms with E-state index in [4.69, 9.17) is 21.7 Å². The van der Waals surface area contributed by atoms with Gasteiger partial charge in [-0.3, -0.25) is 0 Å². The maximum Gasteiger partial charge on any atom is 0.416 e. The number of thiocarbonyl (C=S) groups is 1. The van der Waals surface area contributed by atoms with Crippen molar-refractivity contribution in [1.29, 1.82) is 0 Å². The molecule has 0 saturated carbocycles. The zero-order chi connectivity index (χ0) is 20.7. The number of nitrogens with one attached hydrogen (secondary N) is 2. The summed E-state index contributed by atoms with van der Waals surface area (Å²) in [7, 11) is 0. The molecule has 0 aliphatic rings. The fourth-order valence-corrected chi connectivity index (χ4v) is 2.85. The van der Waals surface area contributed by atoms with Gasteiger partial charge in [-0.15, -0.1) is 0 Å². The smallest absolute Gasteiger partial charge is 0.416 e.